The third-order valence-electron chi connectivity index (χ3n) is 2.81. The van der Waals surface area contributed by atoms with E-state index in [1.807, 2.05) is 6.92 Å². The molecule has 0 unspecified atom stereocenters. The summed E-state index contributed by atoms with van der Waals surface area (Å²) in [5, 5.41) is 3.15. The topological polar surface area (TPSA) is 81.7 Å². The summed E-state index contributed by atoms with van der Waals surface area (Å²) >= 11 is 1.36. The Hall–Kier alpha value is -1.89. The molecule has 1 N–H and O–H groups in total. The number of anilines is 1. The lowest BCUT2D eigenvalue weighted by Crippen LogP contribution is -2.15. The first-order chi connectivity index (χ1) is 10.5. The average molecular weight is 327 g/mol. The second-order valence-corrected chi connectivity index (χ2v) is 5.69. The normalized spacial score (nSPS) is 10.1. The van der Waals surface area contributed by atoms with Crippen molar-refractivity contribution in [3.05, 3.63) is 16.5 Å². The monoisotopic (exact) mass is 327 g/mol. The Balaban J connectivity index is 2.80. The molecule has 1 aromatic rings. The van der Waals surface area contributed by atoms with Crippen molar-refractivity contribution in [1.82, 2.24) is 0 Å². The predicted molar refractivity (Wildman–Crippen MR) is 84.2 cm³/mol. The Morgan fingerprint density at radius 1 is 1.23 bits per heavy atom. The number of carbonyl (C=O) groups excluding carboxylic acids is 3. The fraction of sp³-hybridized carbons (Fsp3) is 0.533. The highest BCUT2D eigenvalue weighted by atomic mass is 32.1. The summed E-state index contributed by atoms with van der Waals surface area (Å²) in [7, 11) is 1.27. The Morgan fingerprint density at radius 3 is 2.55 bits per heavy atom. The molecule has 0 aromatic carbocycles. The van der Waals surface area contributed by atoms with E-state index in [4.69, 9.17) is 4.74 Å². The van der Waals surface area contributed by atoms with E-state index in [2.05, 4.69) is 10.1 Å². The maximum atomic E-state index is 11.9. The smallest absolute Gasteiger partial charge is 0.341 e. The minimum atomic E-state index is -0.454. The number of hydrogen-bond donors (Lipinski definition) is 1. The number of hydrogen-bond acceptors (Lipinski definition) is 6. The summed E-state index contributed by atoms with van der Waals surface area (Å²) in [5.74, 6) is -1.23. The molecule has 1 amide bonds. The summed E-state index contributed by atoms with van der Waals surface area (Å²) in [6.07, 6.45) is 1.79. The Morgan fingerprint density at radius 2 is 1.95 bits per heavy atom. The van der Waals surface area contributed by atoms with Gasteiger partial charge in [-0.15, -0.1) is 11.3 Å². The molecule has 0 fully saturated rings. The molecule has 1 heterocycles. The first-order valence-corrected chi connectivity index (χ1v) is 7.99. The van der Waals surface area contributed by atoms with Gasteiger partial charge in [0, 0.05) is 11.3 Å². The number of esters is 2. The van der Waals surface area contributed by atoms with Crippen LogP contribution in [0.3, 0.4) is 0 Å². The zero-order valence-electron chi connectivity index (χ0n) is 13.1. The number of carbonyl (C=O) groups is 3. The fourth-order valence-corrected chi connectivity index (χ4v) is 2.93. The predicted octanol–water partition coefficient (Wildman–Crippen LogP) is 2.77. The van der Waals surface area contributed by atoms with Crippen LogP contribution in [0.2, 0.25) is 0 Å². The molecule has 0 atom stereocenters. The second kappa shape index (κ2) is 9.19. The van der Waals surface area contributed by atoms with Gasteiger partial charge in [0.25, 0.3) is 0 Å². The van der Waals surface area contributed by atoms with Crippen molar-refractivity contribution in [3.8, 4) is 0 Å². The lowest BCUT2D eigenvalue weighted by molar-refractivity contribution is -0.141. The van der Waals surface area contributed by atoms with E-state index < -0.39 is 11.9 Å². The molecule has 1 rings (SSSR count). The van der Waals surface area contributed by atoms with Crippen molar-refractivity contribution < 1.29 is 23.9 Å². The molecule has 0 aliphatic heterocycles. The molecular formula is C15H21NO5S. The van der Waals surface area contributed by atoms with Crippen LogP contribution < -0.4 is 5.32 Å². The van der Waals surface area contributed by atoms with Crippen molar-refractivity contribution >= 4 is 34.2 Å². The van der Waals surface area contributed by atoms with Gasteiger partial charge in [-0.3, -0.25) is 9.59 Å². The molecule has 0 aliphatic rings. The van der Waals surface area contributed by atoms with E-state index in [1.165, 1.54) is 18.4 Å². The number of nitrogens with one attached hydrogen (secondary N) is 1. The van der Waals surface area contributed by atoms with E-state index in [1.54, 1.807) is 13.0 Å². The lowest BCUT2D eigenvalue weighted by Gasteiger charge is -2.05. The van der Waals surface area contributed by atoms with Gasteiger partial charge < -0.3 is 14.8 Å². The Labute approximate surface area is 133 Å². The van der Waals surface area contributed by atoms with Gasteiger partial charge in [0.05, 0.1) is 25.7 Å². The Bertz CT molecular complexity index is 538. The number of aryl methyl sites for hydroxylation is 1. The van der Waals surface area contributed by atoms with Crippen LogP contribution in [0, 0.1) is 0 Å². The van der Waals surface area contributed by atoms with Crippen molar-refractivity contribution in [1.29, 1.82) is 0 Å². The van der Waals surface area contributed by atoms with Crippen molar-refractivity contribution in [2.45, 2.75) is 39.5 Å². The number of methoxy groups -OCH3 is 1. The molecule has 122 valence electrons. The lowest BCUT2D eigenvalue weighted by atomic mass is 10.2. The minimum Gasteiger partial charge on any atom is -0.469 e. The highest BCUT2D eigenvalue weighted by Gasteiger charge is 2.19. The zero-order chi connectivity index (χ0) is 16.5. The number of amides is 1. The number of rotatable bonds is 8. The third-order valence-corrected chi connectivity index (χ3v) is 3.92. The van der Waals surface area contributed by atoms with E-state index in [-0.39, 0.29) is 25.4 Å². The molecule has 0 saturated carbocycles. The number of thiophene rings is 1. The third kappa shape index (κ3) is 5.48. The largest absolute Gasteiger partial charge is 0.469 e. The van der Waals surface area contributed by atoms with Crippen LogP contribution in [-0.2, 0) is 25.5 Å². The van der Waals surface area contributed by atoms with Crippen LogP contribution in [0.4, 0.5) is 5.00 Å². The molecule has 0 bridgehead atoms. The van der Waals surface area contributed by atoms with Crippen LogP contribution >= 0.6 is 11.3 Å². The summed E-state index contributed by atoms with van der Waals surface area (Å²) in [4.78, 5) is 35.9. The van der Waals surface area contributed by atoms with Gasteiger partial charge >= 0.3 is 11.9 Å². The SMILES string of the molecule is CCCc1cc(C(=O)OCC)c(NC(=O)CCC(=O)OC)s1. The molecule has 0 spiro atoms. The molecule has 6 nitrogen and oxygen atoms in total. The summed E-state index contributed by atoms with van der Waals surface area (Å²) in [5.41, 5.74) is 0.363. The first kappa shape index (κ1) is 18.2. The van der Waals surface area contributed by atoms with Gasteiger partial charge in [-0.05, 0) is 19.4 Å². The van der Waals surface area contributed by atoms with E-state index in [9.17, 15) is 14.4 Å². The van der Waals surface area contributed by atoms with Crippen LogP contribution in [-0.4, -0.2) is 31.6 Å². The Kier molecular flexibility index (Phi) is 7.59. The maximum absolute atomic E-state index is 11.9. The van der Waals surface area contributed by atoms with Gasteiger partial charge in [0.2, 0.25) is 5.91 Å². The number of ether oxygens (including phenoxy) is 2. The maximum Gasteiger partial charge on any atom is 0.341 e. The van der Waals surface area contributed by atoms with Gasteiger partial charge in [0.1, 0.15) is 5.00 Å². The van der Waals surface area contributed by atoms with Crippen LogP contribution in [0.25, 0.3) is 0 Å². The van der Waals surface area contributed by atoms with Gasteiger partial charge in [-0.25, -0.2) is 4.79 Å². The molecule has 1 aromatic heterocycles. The minimum absolute atomic E-state index is 0.00423. The highest BCUT2D eigenvalue weighted by molar-refractivity contribution is 7.16. The summed E-state index contributed by atoms with van der Waals surface area (Å²) in [6, 6.07) is 1.75. The highest BCUT2D eigenvalue weighted by Crippen LogP contribution is 2.30. The van der Waals surface area contributed by atoms with E-state index in [0.717, 1.165) is 17.7 Å². The standard InChI is InChI=1S/C15H21NO5S/c1-4-6-10-9-11(15(19)21-5-2)14(22-10)16-12(17)7-8-13(18)20-3/h9H,4-8H2,1-3H3,(H,16,17). The van der Waals surface area contributed by atoms with Crippen molar-refractivity contribution in [2.24, 2.45) is 0 Å². The quantitative estimate of drug-likeness (QED) is 0.743. The summed E-state index contributed by atoms with van der Waals surface area (Å²) in [6.45, 7) is 4.04. The second-order valence-electron chi connectivity index (χ2n) is 4.55. The first-order valence-electron chi connectivity index (χ1n) is 7.18. The van der Waals surface area contributed by atoms with Gasteiger partial charge in [-0.2, -0.15) is 0 Å². The molecule has 7 heteroatoms. The van der Waals surface area contributed by atoms with E-state index >= 15 is 0 Å². The molecule has 0 radical (unpaired) electrons. The molecule has 0 saturated heterocycles. The van der Waals surface area contributed by atoms with Crippen molar-refractivity contribution in [3.63, 3.8) is 0 Å². The molecule has 22 heavy (non-hydrogen) atoms. The van der Waals surface area contributed by atoms with Crippen LogP contribution in [0.5, 0.6) is 0 Å². The summed E-state index contributed by atoms with van der Waals surface area (Å²) < 4.78 is 9.49. The van der Waals surface area contributed by atoms with E-state index in [0.29, 0.717) is 10.6 Å². The van der Waals surface area contributed by atoms with Gasteiger partial charge in [-0.1, -0.05) is 13.3 Å². The molecule has 0 aliphatic carbocycles. The van der Waals surface area contributed by atoms with Crippen molar-refractivity contribution in [2.75, 3.05) is 19.0 Å². The zero-order valence-corrected chi connectivity index (χ0v) is 13.9. The van der Waals surface area contributed by atoms with Crippen LogP contribution in [0.1, 0.15) is 48.3 Å². The van der Waals surface area contributed by atoms with Gasteiger partial charge in [0.15, 0.2) is 0 Å². The van der Waals surface area contributed by atoms with Crippen LogP contribution in [0.15, 0.2) is 6.07 Å². The fourth-order valence-electron chi connectivity index (χ4n) is 1.77. The average Bonchev–Trinajstić information content (AvgIpc) is 2.88. The molecular weight excluding hydrogens is 306 g/mol.